The fourth-order valence-electron chi connectivity index (χ4n) is 1.93. The van der Waals surface area contributed by atoms with E-state index >= 15 is 0 Å². The Labute approximate surface area is 109 Å². The Morgan fingerprint density at radius 1 is 1.32 bits per heavy atom. The Morgan fingerprint density at radius 2 is 2.00 bits per heavy atom. The third-order valence-electron chi connectivity index (χ3n) is 3.06. The quantitative estimate of drug-likeness (QED) is 0.420. The van der Waals surface area contributed by atoms with Gasteiger partial charge >= 0.3 is 0 Å². The Morgan fingerprint density at radius 3 is 2.58 bits per heavy atom. The zero-order valence-corrected chi connectivity index (χ0v) is 10.1. The largest absolute Gasteiger partial charge is 0.486 e. The van der Waals surface area contributed by atoms with Crippen LogP contribution in [0.5, 0.6) is 5.75 Å². The van der Waals surface area contributed by atoms with Crippen LogP contribution in [0.15, 0.2) is 24.3 Å². The summed E-state index contributed by atoms with van der Waals surface area (Å²) in [6.45, 7) is -0.941. The summed E-state index contributed by atoms with van der Waals surface area (Å²) in [5.41, 5.74) is 6.04. The molecule has 0 saturated carbocycles. The Balaban J connectivity index is 2.05. The molecule has 1 aromatic carbocycles. The Bertz CT molecular complexity index is 442. The molecule has 1 saturated heterocycles. The minimum atomic E-state index is -2.09. The first-order chi connectivity index (χ1) is 8.98. The van der Waals surface area contributed by atoms with Gasteiger partial charge in [0, 0.05) is 0 Å². The van der Waals surface area contributed by atoms with E-state index in [2.05, 4.69) is 0 Å². The molecule has 4 atom stereocenters. The molecule has 7 nitrogen and oxygen atoms in total. The van der Waals surface area contributed by atoms with E-state index in [9.17, 15) is 15.3 Å². The number of rotatable bonds is 4. The van der Waals surface area contributed by atoms with Crippen molar-refractivity contribution in [1.29, 1.82) is 0 Å². The van der Waals surface area contributed by atoms with Crippen molar-refractivity contribution < 1.29 is 29.9 Å². The molecule has 1 aliphatic heterocycles. The molecule has 1 unspecified atom stereocenters. The van der Waals surface area contributed by atoms with Crippen LogP contribution < -0.4 is 10.5 Å². The van der Waals surface area contributed by atoms with Gasteiger partial charge in [-0.25, -0.2) is 0 Å². The van der Waals surface area contributed by atoms with Crippen LogP contribution in [-0.4, -0.2) is 57.7 Å². The molecule has 0 amide bonds. The van der Waals surface area contributed by atoms with Gasteiger partial charge in [0.1, 0.15) is 30.7 Å². The van der Waals surface area contributed by atoms with Gasteiger partial charge in [-0.1, -0.05) is 12.1 Å². The normalized spacial score (nSPS) is 34.4. The molecule has 0 aromatic heterocycles. The van der Waals surface area contributed by atoms with Crippen LogP contribution in [0.1, 0.15) is 0 Å². The van der Waals surface area contributed by atoms with Crippen LogP contribution in [0.25, 0.3) is 0 Å². The lowest BCUT2D eigenvalue weighted by Gasteiger charge is -2.26. The van der Waals surface area contributed by atoms with E-state index in [1.807, 2.05) is 0 Å². The van der Waals surface area contributed by atoms with Gasteiger partial charge in [-0.05, 0) is 12.1 Å². The Hall–Kier alpha value is -1.38. The van der Waals surface area contributed by atoms with Crippen molar-refractivity contribution in [2.45, 2.75) is 24.1 Å². The molecule has 1 heterocycles. The van der Waals surface area contributed by atoms with E-state index in [-0.39, 0.29) is 0 Å². The highest BCUT2D eigenvalue weighted by Gasteiger charge is 2.53. The summed E-state index contributed by atoms with van der Waals surface area (Å²) in [6, 6.07) is 6.65. The van der Waals surface area contributed by atoms with Crippen LogP contribution in [0.4, 0.5) is 5.69 Å². The number of hydrogen-bond acceptors (Lipinski definition) is 7. The molecule has 0 radical (unpaired) electrons. The highest BCUT2D eigenvalue weighted by molar-refractivity contribution is 5.51. The fourth-order valence-corrected chi connectivity index (χ4v) is 1.93. The van der Waals surface area contributed by atoms with Crippen molar-refractivity contribution in [3.05, 3.63) is 24.3 Å². The maximum Gasteiger partial charge on any atom is 0.230 e. The van der Waals surface area contributed by atoms with Crippen molar-refractivity contribution in [1.82, 2.24) is 0 Å². The van der Waals surface area contributed by atoms with Crippen molar-refractivity contribution >= 4 is 5.69 Å². The molecule has 19 heavy (non-hydrogen) atoms. The first-order valence-corrected chi connectivity index (χ1v) is 5.82. The second-order valence-corrected chi connectivity index (χ2v) is 4.45. The van der Waals surface area contributed by atoms with E-state index in [4.69, 9.17) is 20.3 Å². The van der Waals surface area contributed by atoms with Gasteiger partial charge in [0.25, 0.3) is 0 Å². The molecule has 0 aliphatic carbocycles. The van der Waals surface area contributed by atoms with Gasteiger partial charge in [0.2, 0.25) is 5.79 Å². The van der Waals surface area contributed by atoms with Crippen molar-refractivity contribution in [2.75, 3.05) is 18.9 Å². The van der Waals surface area contributed by atoms with Crippen LogP contribution in [-0.2, 0) is 4.74 Å². The first kappa shape index (κ1) is 14.0. The number of benzene rings is 1. The zero-order valence-electron chi connectivity index (χ0n) is 10.1. The molecule has 1 fully saturated rings. The van der Waals surface area contributed by atoms with Gasteiger partial charge in [0.05, 0.1) is 12.3 Å². The number of anilines is 1. The van der Waals surface area contributed by atoms with Gasteiger partial charge < -0.3 is 35.6 Å². The third kappa shape index (κ3) is 2.65. The lowest BCUT2D eigenvalue weighted by atomic mass is 10.1. The second kappa shape index (κ2) is 5.32. The number of aliphatic hydroxyl groups excluding tert-OH is 3. The molecule has 0 bridgehead atoms. The number of nitrogens with two attached hydrogens (primary N) is 1. The molecule has 1 aromatic rings. The number of ether oxygens (including phenoxy) is 2. The molecule has 6 N–H and O–H groups in total. The third-order valence-corrected chi connectivity index (χ3v) is 3.06. The molecule has 7 heteroatoms. The predicted octanol–water partition coefficient (Wildman–Crippen LogP) is -1.55. The lowest BCUT2D eigenvalue weighted by molar-refractivity contribution is -0.244. The lowest BCUT2D eigenvalue weighted by Crippen LogP contribution is -2.47. The fraction of sp³-hybridized carbons (Fsp3) is 0.500. The molecular weight excluding hydrogens is 254 g/mol. The van der Waals surface area contributed by atoms with Crippen LogP contribution in [0.3, 0.4) is 0 Å². The van der Waals surface area contributed by atoms with Crippen LogP contribution in [0, 0.1) is 0 Å². The summed E-state index contributed by atoms with van der Waals surface area (Å²) in [5.74, 6) is -1.76. The molecule has 2 rings (SSSR count). The minimum Gasteiger partial charge on any atom is -0.486 e. The highest BCUT2D eigenvalue weighted by atomic mass is 16.7. The SMILES string of the molecule is Nc1ccccc1OCC1(O)O[C@H](CO)[C@@H](O)[C@@H]1O. The van der Waals surface area contributed by atoms with E-state index in [1.165, 1.54) is 0 Å². The maximum absolute atomic E-state index is 10.1. The Kier molecular flexibility index (Phi) is 3.93. The summed E-state index contributed by atoms with van der Waals surface area (Å²) in [4.78, 5) is 0. The molecule has 106 valence electrons. The molecule has 0 spiro atoms. The van der Waals surface area contributed by atoms with E-state index in [0.29, 0.717) is 11.4 Å². The van der Waals surface area contributed by atoms with E-state index < -0.39 is 37.3 Å². The summed E-state index contributed by atoms with van der Waals surface area (Å²) in [6.07, 6.45) is -4.02. The van der Waals surface area contributed by atoms with E-state index in [1.54, 1.807) is 24.3 Å². The maximum atomic E-state index is 10.1. The van der Waals surface area contributed by atoms with Crippen LogP contribution in [0.2, 0.25) is 0 Å². The highest BCUT2D eigenvalue weighted by Crippen LogP contribution is 2.30. The van der Waals surface area contributed by atoms with Crippen molar-refractivity contribution in [2.24, 2.45) is 0 Å². The molecular formula is C12H17NO6. The minimum absolute atomic E-state index is 0.327. The van der Waals surface area contributed by atoms with Gasteiger partial charge in [0.15, 0.2) is 0 Å². The average molecular weight is 271 g/mol. The summed E-state index contributed by atoms with van der Waals surface area (Å²) >= 11 is 0. The molecule has 1 aliphatic rings. The smallest absolute Gasteiger partial charge is 0.230 e. The van der Waals surface area contributed by atoms with E-state index in [0.717, 1.165) is 0 Å². The number of para-hydroxylation sites is 2. The summed E-state index contributed by atoms with van der Waals surface area (Å²) < 4.78 is 10.3. The summed E-state index contributed by atoms with van der Waals surface area (Å²) in [5, 5.41) is 38.3. The van der Waals surface area contributed by atoms with Gasteiger partial charge in [-0.3, -0.25) is 0 Å². The number of nitrogen functional groups attached to an aromatic ring is 1. The van der Waals surface area contributed by atoms with Crippen LogP contribution >= 0.6 is 0 Å². The average Bonchev–Trinajstić information content (AvgIpc) is 2.63. The van der Waals surface area contributed by atoms with Crippen molar-refractivity contribution in [3.63, 3.8) is 0 Å². The topological polar surface area (TPSA) is 125 Å². The number of aliphatic hydroxyl groups is 4. The zero-order chi connectivity index (χ0) is 14.0. The van der Waals surface area contributed by atoms with Gasteiger partial charge in [-0.15, -0.1) is 0 Å². The standard InChI is InChI=1S/C12H17NO6/c13-7-3-1-2-4-8(7)18-6-12(17)11(16)10(15)9(5-14)19-12/h1-4,9-11,14-17H,5-6,13H2/t9-,10-,11+,12?/m1/s1. The first-order valence-electron chi connectivity index (χ1n) is 5.82. The second-order valence-electron chi connectivity index (χ2n) is 4.45. The predicted molar refractivity (Wildman–Crippen MR) is 65.3 cm³/mol. The summed E-state index contributed by atoms with van der Waals surface area (Å²) in [7, 11) is 0. The monoisotopic (exact) mass is 271 g/mol. The van der Waals surface area contributed by atoms with Crippen molar-refractivity contribution in [3.8, 4) is 5.75 Å². The van der Waals surface area contributed by atoms with Gasteiger partial charge in [-0.2, -0.15) is 0 Å². The number of hydrogen-bond donors (Lipinski definition) is 5.